The molecular formula is C33H67NOS. The third kappa shape index (κ3) is 28.4. The molecular weight excluding hydrogens is 458 g/mol. The summed E-state index contributed by atoms with van der Waals surface area (Å²) in [6.07, 6.45) is 38.6. The second-order valence-electron chi connectivity index (χ2n) is 11.5. The van der Waals surface area contributed by atoms with E-state index in [2.05, 4.69) is 26.5 Å². The number of hydrogen-bond acceptors (Lipinski definition) is 1. The maximum Gasteiger partial charge on any atom is 0.278 e. The van der Waals surface area contributed by atoms with Crippen LogP contribution in [0.1, 0.15) is 194 Å². The Morgan fingerprint density at radius 1 is 0.389 bits per heavy atom. The van der Waals surface area contributed by atoms with Gasteiger partial charge in [-0.05, 0) is 12.8 Å². The zero-order valence-electron chi connectivity index (χ0n) is 25.0. The third-order valence-corrected chi connectivity index (χ3v) is 8.12. The minimum Gasteiger partial charge on any atom is -0.334 e. The molecule has 0 fully saturated rings. The van der Waals surface area contributed by atoms with E-state index in [-0.39, 0.29) is 5.24 Å². The van der Waals surface area contributed by atoms with E-state index in [0.717, 1.165) is 25.9 Å². The van der Waals surface area contributed by atoms with Crippen LogP contribution < -0.4 is 0 Å². The molecule has 2 nitrogen and oxygen atoms in total. The van der Waals surface area contributed by atoms with Crippen LogP contribution in [0.5, 0.6) is 0 Å². The molecule has 0 N–H and O–H groups in total. The number of amides is 1. The van der Waals surface area contributed by atoms with Crippen LogP contribution in [0, 0.1) is 0 Å². The summed E-state index contributed by atoms with van der Waals surface area (Å²) in [5.41, 5.74) is 0. The Labute approximate surface area is 233 Å². The molecule has 3 heteroatoms. The highest BCUT2D eigenvalue weighted by Gasteiger charge is 2.08. The average molecular weight is 526 g/mol. The van der Waals surface area contributed by atoms with E-state index < -0.39 is 0 Å². The molecule has 36 heavy (non-hydrogen) atoms. The molecule has 0 aromatic carbocycles. The summed E-state index contributed by atoms with van der Waals surface area (Å²) in [7, 11) is 0. The predicted octanol–water partition coefficient (Wildman–Crippen LogP) is 12.3. The first-order valence-electron chi connectivity index (χ1n) is 16.7. The van der Waals surface area contributed by atoms with Crippen LogP contribution in [0.25, 0.3) is 0 Å². The summed E-state index contributed by atoms with van der Waals surface area (Å²) in [6.45, 7) is 6.38. The summed E-state index contributed by atoms with van der Waals surface area (Å²) in [4.78, 5) is 13.8. The molecule has 0 saturated carbocycles. The smallest absolute Gasteiger partial charge is 0.278 e. The Bertz CT molecular complexity index is 396. The molecule has 0 heterocycles. The number of rotatable bonds is 30. The van der Waals surface area contributed by atoms with Crippen LogP contribution in [0.15, 0.2) is 0 Å². The average Bonchev–Trinajstić information content (AvgIpc) is 2.87. The number of carbonyl (C=O) groups excluding carboxylic acids is 1. The van der Waals surface area contributed by atoms with Crippen molar-refractivity contribution in [3.8, 4) is 0 Å². The van der Waals surface area contributed by atoms with E-state index in [9.17, 15) is 4.79 Å². The van der Waals surface area contributed by atoms with Crippen molar-refractivity contribution in [1.29, 1.82) is 0 Å². The molecule has 0 saturated heterocycles. The number of unbranched alkanes of at least 4 members (excludes halogenated alkanes) is 26. The molecule has 0 aliphatic rings. The first-order chi connectivity index (χ1) is 17.7. The van der Waals surface area contributed by atoms with Gasteiger partial charge in [-0.15, -0.1) is 0 Å². The molecule has 216 valence electrons. The summed E-state index contributed by atoms with van der Waals surface area (Å²) < 4.78 is 0. The summed E-state index contributed by atoms with van der Waals surface area (Å²) in [6, 6.07) is 0. The van der Waals surface area contributed by atoms with Crippen LogP contribution in [-0.2, 0) is 0 Å². The monoisotopic (exact) mass is 525 g/mol. The topological polar surface area (TPSA) is 20.3 Å². The normalized spacial score (nSPS) is 11.3. The predicted molar refractivity (Wildman–Crippen MR) is 167 cm³/mol. The van der Waals surface area contributed by atoms with Crippen molar-refractivity contribution in [3.05, 3.63) is 0 Å². The van der Waals surface area contributed by atoms with Gasteiger partial charge in [-0.1, -0.05) is 193 Å². The van der Waals surface area contributed by atoms with Crippen LogP contribution in [0.4, 0.5) is 4.79 Å². The van der Waals surface area contributed by atoms with Crippen LogP contribution >= 0.6 is 12.6 Å². The molecule has 0 aromatic rings. The molecule has 0 aromatic heterocycles. The second kappa shape index (κ2) is 31.0. The van der Waals surface area contributed by atoms with Gasteiger partial charge in [-0.25, -0.2) is 0 Å². The number of hydrogen-bond donors (Lipinski definition) is 1. The molecule has 0 atom stereocenters. The summed E-state index contributed by atoms with van der Waals surface area (Å²) >= 11 is 4.13. The van der Waals surface area contributed by atoms with E-state index >= 15 is 0 Å². The summed E-state index contributed by atoms with van der Waals surface area (Å²) in [5.74, 6) is 0. The van der Waals surface area contributed by atoms with Crippen molar-refractivity contribution in [2.45, 2.75) is 194 Å². The van der Waals surface area contributed by atoms with E-state index in [0.29, 0.717) is 0 Å². The third-order valence-electron chi connectivity index (χ3n) is 7.83. The van der Waals surface area contributed by atoms with Gasteiger partial charge < -0.3 is 4.90 Å². The van der Waals surface area contributed by atoms with Gasteiger partial charge in [0.15, 0.2) is 0 Å². The zero-order chi connectivity index (χ0) is 26.4. The van der Waals surface area contributed by atoms with Crippen molar-refractivity contribution in [3.63, 3.8) is 0 Å². The number of nitrogens with zero attached hydrogens (tertiary/aromatic N) is 1. The molecule has 0 spiro atoms. The SMILES string of the molecule is CCCCCCCCCCCCCCCCN(CCCCCCCCCCCCCCCC)C(=O)S. The fourth-order valence-corrected chi connectivity index (χ4v) is 5.50. The summed E-state index contributed by atoms with van der Waals surface area (Å²) in [5, 5.41) is -0.0283. The highest BCUT2D eigenvalue weighted by molar-refractivity contribution is 7.96. The molecule has 0 aliphatic heterocycles. The van der Waals surface area contributed by atoms with Crippen molar-refractivity contribution in [1.82, 2.24) is 4.90 Å². The van der Waals surface area contributed by atoms with Gasteiger partial charge in [0.05, 0.1) is 0 Å². The van der Waals surface area contributed by atoms with Gasteiger partial charge in [0.25, 0.3) is 5.24 Å². The Morgan fingerprint density at radius 3 is 0.778 bits per heavy atom. The second-order valence-corrected chi connectivity index (χ2v) is 11.8. The highest BCUT2D eigenvalue weighted by Crippen LogP contribution is 2.15. The van der Waals surface area contributed by atoms with Crippen LogP contribution in [0.3, 0.4) is 0 Å². The quantitative estimate of drug-likeness (QED) is 0.0730. The number of carbonyl (C=O) groups is 1. The minimum atomic E-state index is -0.0283. The van der Waals surface area contributed by atoms with Gasteiger partial charge >= 0.3 is 0 Å². The van der Waals surface area contributed by atoms with E-state index in [1.54, 1.807) is 0 Å². The van der Waals surface area contributed by atoms with Crippen LogP contribution in [0.2, 0.25) is 0 Å². The van der Waals surface area contributed by atoms with Gasteiger partial charge in [0, 0.05) is 13.1 Å². The maximum absolute atomic E-state index is 11.9. The van der Waals surface area contributed by atoms with Crippen molar-refractivity contribution >= 4 is 17.9 Å². The van der Waals surface area contributed by atoms with Gasteiger partial charge in [-0.3, -0.25) is 4.79 Å². The lowest BCUT2D eigenvalue weighted by Gasteiger charge is -2.20. The molecule has 0 radical (unpaired) electrons. The minimum absolute atomic E-state index is 0.0283. The lowest BCUT2D eigenvalue weighted by molar-refractivity contribution is 0.220. The maximum atomic E-state index is 11.9. The van der Waals surface area contributed by atoms with Crippen molar-refractivity contribution < 1.29 is 4.79 Å². The fourth-order valence-electron chi connectivity index (χ4n) is 5.30. The highest BCUT2D eigenvalue weighted by atomic mass is 32.1. The largest absolute Gasteiger partial charge is 0.334 e. The van der Waals surface area contributed by atoms with Gasteiger partial charge in [-0.2, -0.15) is 0 Å². The van der Waals surface area contributed by atoms with E-state index in [1.165, 1.54) is 167 Å². The van der Waals surface area contributed by atoms with Crippen molar-refractivity contribution in [2.75, 3.05) is 13.1 Å². The van der Waals surface area contributed by atoms with Crippen molar-refractivity contribution in [2.24, 2.45) is 0 Å². The molecule has 1 amide bonds. The Balaban J connectivity index is 3.39. The Morgan fingerprint density at radius 2 is 0.583 bits per heavy atom. The molecule has 0 bridgehead atoms. The Kier molecular flexibility index (Phi) is 30.9. The zero-order valence-corrected chi connectivity index (χ0v) is 25.9. The first-order valence-corrected chi connectivity index (χ1v) is 17.1. The standard InChI is InChI=1S/C33H67NOS/c1-3-5-7-9-11-13-15-17-19-21-23-25-27-29-31-34(33(35)36)32-30-28-26-24-22-20-18-16-14-12-10-8-6-4-2/h3-32H2,1-2H3,(H,35,36). The molecule has 0 aliphatic carbocycles. The van der Waals surface area contributed by atoms with E-state index in [1.807, 2.05) is 4.90 Å². The molecule has 0 unspecified atom stereocenters. The van der Waals surface area contributed by atoms with Crippen LogP contribution in [-0.4, -0.2) is 23.2 Å². The Hall–Kier alpha value is -0.180. The lowest BCUT2D eigenvalue weighted by atomic mass is 10.0. The molecule has 0 rings (SSSR count). The fraction of sp³-hybridized carbons (Fsp3) is 0.970. The van der Waals surface area contributed by atoms with E-state index in [4.69, 9.17) is 0 Å². The number of thiol groups is 1. The lowest BCUT2D eigenvalue weighted by Crippen LogP contribution is -2.28. The van der Waals surface area contributed by atoms with Gasteiger partial charge in [0.2, 0.25) is 0 Å². The first kappa shape index (κ1) is 35.8. The van der Waals surface area contributed by atoms with Gasteiger partial charge in [0.1, 0.15) is 0 Å².